The molecule has 4 heteroatoms. The van der Waals surface area contributed by atoms with Crippen LogP contribution in [-0.2, 0) is 17.8 Å². The maximum Gasteiger partial charge on any atom is 0.247 e. The molecule has 0 N–H and O–H groups in total. The molecule has 0 bridgehead atoms. The Morgan fingerprint density at radius 3 is 2.70 bits per heavy atom. The van der Waals surface area contributed by atoms with Crippen LogP contribution < -0.4 is 0 Å². The molecule has 0 aliphatic carbocycles. The largest absolute Gasteiger partial charge is 0.336 e. The van der Waals surface area contributed by atoms with Gasteiger partial charge in [0.1, 0.15) is 6.04 Å². The standard InChI is InChI=1S/C19H19N3O/c1-14(22-18-9-5-4-7-16(18)12-20-22)19(23)21-11-10-15-6-2-3-8-17(15)13-21/h2-9,12,14H,10-11,13H2,1H3. The minimum absolute atomic E-state index is 0.133. The van der Waals surface area contributed by atoms with Gasteiger partial charge in [-0.15, -0.1) is 0 Å². The first kappa shape index (κ1) is 14.0. The molecule has 1 aliphatic heterocycles. The van der Waals surface area contributed by atoms with Crippen LogP contribution in [0.15, 0.2) is 54.7 Å². The SMILES string of the molecule is CC(C(=O)N1CCc2ccccc2C1)n1ncc2ccccc21. The summed E-state index contributed by atoms with van der Waals surface area (Å²) in [6.45, 7) is 3.40. The van der Waals surface area contributed by atoms with E-state index in [1.54, 1.807) is 0 Å². The second-order valence-electron chi connectivity index (χ2n) is 6.10. The minimum atomic E-state index is -0.292. The Labute approximate surface area is 135 Å². The van der Waals surface area contributed by atoms with Crippen LogP contribution in [0.25, 0.3) is 10.9 Å². The van der Waals surface area contributed by atoms with Crippen molar-refractivity contribution in [1.29, 1.82) is 0 Å². The number of amides is 1. The maximum atomic E-state index is 12.9. The van der Waals surface area contributed by atoms with Crippen molar-refractivity contribution in [2.75, 3.05) is 6.54 Å². The van der Waals surface area contributed by atoms with Crippen LogP contribution in [0.2, 0.25) is 0 Å². The number of carbonyl (C=O) groups excluding carboxylic acids is 1. The molecule has 2 aromatic carbocycles. The molecule has 4 nitrogen and oxygen atoms in total. The highest BCUT2D eigenvalue weighted by atomic mass is 16.2. The highest BCUT2D eigenvalue weighted by Crippen LogP contribution is 2.23. The Morgan fingerprint density at radius 1 is 1.09 bits per heavy atom. The van der Waals surface area contributed by atoms with Crippen LogP contribution >= 0.6 is 0 Å². The summed E-state index contributed by atoms with van der Waals surface area (Å²) in [7, 11) is 0. The molecule has 0 saturated heterocycles. The smallest absolute Gasteiger partial charge is 0.247 e. The summed E-state index contributed by atoms with van der Waals surface area (Å²) in [6.07, 6.45) is 2.75. The van der Waals surface area contributed by atoms with Crippen LogP contribution in [0.5, 0.6) is 0 Å². The first-order chi connectivity index (χ1) is 11.2. The molecule has 1 aliphatic rings. The molecular weight excluding hydrogens is 286 g/mol. The second kappa shape index (κ2) is 5.54. The lowest BCUT2D eigenvalue weighted by molar-refractivity contribution is -0.135. The third-order valence-electron chi connectivity index (χ3n) is 4.67. The lowest BCUT2D eigenvalue weighted by atomic mass is 9.99. The molecule has 0 saturated carbocycles. The third-order valence-corrected chi connectivity index (χ3v) is 4.67. The second-order valence-corrected chi connectivity index (χ2v) is 6.10. The minimum Gasteiger partial charge on any atom is -0.336 e. The summed E-state index contributed by atoms with van der Waals surface area (Å²) >= 11 is 0. The molecule has 2 heterocycles. The van der Waals surface area contributed by atoms with Crippen LogP contribution in [0.4, 0.5) is 0 Å². The van der Waals surface area contributed by atoms with Crippen LogP contribution in [0.3, 0.4) is 0 Å². The molecule has 4 rings (SSSR count). The van der Waals surface area contributed by atoms with Gasteiger partial charge in [0.25, 0.3) is 0 Å². The highest BCUT2D eigenvalue weighted by molar-refractivity contribution is 5.84. The van der Waals surface area contributed by atoms with E-state index in [2.05, 4.69) is 23.3 Å². The van der Waals surface area contributed by atoms with Crippen molar-refractivity contribution in [3.8, 4) is 0 Å². The van der Waals surface area contributed by atoms with Gasteiger partial charge in [0, 0.05) is 18.5 Å². The van der Waals surface area contributed by atoms with Crippen molar-refractivity contribution in [1.82, 2.24) is 14.7 Å². The van der Waals surface area contributed by atoms with Crippen molar-refractivity contribution in [3.05, 3.63) is 65.9 Å². The molecule has 1 atom stereocenters. The van der Waals surface area contributed by atoms with Crippen molar-refractivity contribution in [3.63, 3.8) is 0 Å². The zero-order chi connectivity index (χ0) is 15.8. The van der Waals surface area contributed by atoms with Crippen LogP contribution in [0, 0.1) is 0 Å². The Bertz CT molecular complexity index is 868. The Kier molecular flexibility index (Phi) is 3.37. The van der Waals surface area contributed by atoms with Gasteiger partial charge in [0.05, 0.1) is 11.7 Å². The first-order valence-corrected chi connectivity index (χ1v) is 8.02. The van der Waals surface area contributed by atoms with Crippen molar-refractivity contribution < 1.29 is 4.79 Å². The van der Waals surface area contributed by atoms with Gasteiger partial charge < -0.3 is 4.90 Å². The van der Waals surface area contributed by atoms with Gasteiger partial charge >= 0.3 is 0 Å². The summed E-state index contributed by atoms with van der Waals surface area (Å²) in [6, 6.07) is 16.1. The number of aromatic nitrogens is 2. The fraction of sp³-hybridized carbons (Fsp3) is 0.263. The molecule has 0 fully saturated rings. The van der Waals surface area contributed by atoms with E-state index in [-0.39, 0.29) is 11.9 Å². The Balaban J connectivity index is 1.60. The van der Waals surface area contributed by atoms with Gasteiger partial charge in [-0.25, -0.2) is 0 Å². The summed E-state index contributed by atoms with van der Waals surface area (Å²) in [5.74, 6) is 0.133. The van der Waals surface area contributed by atoms with E-state index in [1.165, 1.54) is 11.1 Å². The van der Waals surface area contributed by atoms with Gasteiger partial charge in [-0.2, -0.15) is 5.10 Å². The Hall–Kier alpha value is -2.62. The number of benzene rings is 2. The monoisotopic (exact) mass is 305 g/mol. The zero-order valence-corrected chi connectivity index (χ0v) is 13.1. The number of carbonyl (C=O) groups is 1. The lowest BCUT2D eigenvalue weighted by Gasteiger charge is -2.31. The number of hydrogen-bond donors (Lipinski definition) is 0. The van der Waals surface area contributed by atoms with Gasteiger partial charge in [-0.3, -0.25) is 9.48 Å². The molecule has 1 aromatic heterocycles. The molecule has 0 radical (unpaired) electrons. The number of nitrogens with zero attached hydrogens (tertiary/aromatic N) is 3. The Morgan fingerprint density at radius 2 is 1.83 bits per heavy atom. The zero-order valence-electron chi connectivity index (χ0n) is 13.1. The van der Waals surface area contributed by atoms with Gasteiger partial charge in [0.15, 0.2) is 0 Å². The molecule has 1 amide bonds. The van der Waals surface area contributed by atoms with E-state index in [0.29, 0.717) is 6.54 Å². The van der Waals surface area contributed by atoms with Crippen molar-refractivity contribution >= 4 is 16.8 Å². The number of rotatable bonds is 2. The third kappa shape index (κ3) is 2.40. The molecule has 1 unspecified atom stereocenters. The summed E-state index contributed by atoms with van der Waals surface area (Å²) in [4.78, 5) is 14.9. The normalized spacial score (nSPS) is 15.4. The molecule has 0 spiro atoms. The number of hydrogen-bond acceptors (Lipinski definition) is 2. The van der Waals surface area contributed by atoms with E-state index < -0.39 is 0 Å². The highest BCUT2D eigenvalue weighted by Gasteiger charge is 2.26. The van der Waals surface area contributed by atoms with E-state index in [4.69, 9.17) is 0 Å². The first-order valence-electron chi connectivity index (χ1n) is 8.02. The van der Waals surface area contributed by atoms with Gasteiger partial charge in [0.2, 0.25) is 5.91 Å². The van der Waals surface area contributed by atoms with E-state index in [0.717, 1.165) is 23.9 Å². The van der Waals surface area contributed by atoms with E-state index >= 15 is 0 Å². The molecule has 3 aromatic rings. The van der Waals surface area contributed by atoms with Gasteiger partial charge in [-0.05, 0) is 30.5 Å². The fourth-order valence-corrected chi connectivity index (χ4v) is 3.35. The van der Waals surface area contributed by atoms with Crippen molar-refractivity contribution in [2.24, 2.45) is 0 Å². The van der Waals surface area contributed by atoms with E-state index in [9.17, 15) is 4.79 Å². The predicted octanol–water partition coefficient (Wildman–Crippen LogP) is 3.18. The fourth-order valence-electron chi connectivity index (χ4n) is 3.35. The van der Waals surface area contributed by atoms with Gasteiger partial charge in [-0.1, -0.05) is 42.5 Å². The van der Waals surface area contributed by atoms with Crippen LogP contribution in [-0.4, -0.2) is 27.1 Å². The topological polar surface area (TPSA) is 38.1 Å². The number of para-hydroxylation sites is 1. The molecule has 23 heavy (non-hydrogen) atoms. The summed E-state index contributed by atoms with van der Waals surface area (Å²) in [5.41, 5.74) is 3.61. The predicted molar refractivity (Wildman–Crippen MR) is 90.0 cm³/mol. The lowest BCUT2D eigenvalue weighted by Crippen LogP contribution is -2.40. The molecule has 116 valence electrons. The summed E-state index contributed by atoms with van der Waals surface area (Å²) in [5, 5.41) is 5.49. The van der Waals surface area contributed by atoms with E-state index in [1.807, 2.05) is 53.0 Å². The quantitative estimate of drug-likeness (QED) is 0.729. The number of fused-ring (bicyclic) bond motifs is 2. The average molecular weight is 305 g/mol. The maximum absolute atomic E-state index is 12.9. The summed E-state index contributed by atoms with van der Waals surface area (Å²) < 4.78 is 1.83. The molecular formula is C19H19N3O. The average Bonchev–Trinajstić information content (AvgIpc) is 3.04. The van der Waals surface area contributed by atoms with Crippen LogP contribution in [0.1, 0.15) is 24.1 Å². The van der Waals surface area contributed by atoms with Crippen molar-refractivity contribution in [2.45, 2.75) is 25.9 Å².